The SMILES string of the molecule is CC(C)(C)OC(=O)N1CCC2(CC1)C[C@@H]([C@H]1c3ccccc3-c3cncn31)[C@H]2O.CC(C)(C)OC(=O)N1CCC2(CC1)C[C@H]([C@@H]1c3ccccc3-c3cncn31)[C@@H]2O. The number of amides is 2. The van der Waals surface area contributed by atoms with Crippen LogP contribution in [0.2, 0.25) is 0 Å². The van der Waals surface area contributed by atoms with Crippen molar-refractivity contribution in [3.63, 3.8) is 0 Å². The number of aliphatic hydroxyl groups excluding tert-OH is 2. The Kier molecular flexibility index (Phi) is 9.35. The van der Waals surface area contributed by atoms with Gasteiger partial charge in [0, 0.05) is 60.0 Å². The van der Waals surface area contributed by atoms with E-state index in [1.54, 1.807) is 9.80 Å². The molecule has 2 aromatic carbocycles. The van der Waals surface area contributed by atoms with Gasteiger partial charge in [-0.15, -0.1) is 0 Å². The van der Waals surface area contributed by atoms with Gasteiger partial charge in [-0.1, -0.05) is 48.5 Å². The highest BCUT2D eigenvalue weighted by atomic mass is 16.6. The maximum absolute atomic E-state index is 12.4. The fraction of sp³-hybridized carbons (Fsp3) is 0.565. The van der Waals surface area contributed by atoms with E-state index < -0.39 is 11.2 Å². The first-order valence-corrected chi connectivity index (χ1v) is 21.1. The van der Waals surface area contributed by atoms with Crippen molar-refractivity contribution in [2.45, 2.75) is 116 Å². The van der Waals surface area contributed by atoms with Gasteiger partial charge >= 0.3 is 12.2 Å². The first kappa shape index (κ1) is 38.8. The summed E-state index contributed by atoms with van der Waals surface area (Å²) in [5.41, 5.74) is 6.17. The summed E-state index contributed by atoms with van der Waals surface area (Å²) in [5, 5.41) is 22.5. The molecule has 6 aliphatic rings. The summed E-state index contributed by atoms with van der Waals surface area (Å²) in [5.74, 6) is 0.361. The van der Waals surface area contributed by atoms with E-state index in [9.17, 15) is 19.8 Å². The molecule has 2 aliphatic carbocycles. The van der Waals surface area contributed by atoms with Gasteiger partial charge in [0.2, 0.25) is 0 Å². The molecular weight excluding hydrogens is 733 g/mol. The van der Waals surface area contributed by atoms with Crippen molar-refractivity contribution in [1.82, 2.24) is 28.9 Å². The maximum atomic E-state index is 12.4. The van der Waals surface area contributed by atoms with Crippen molar-refractivity contribution in [2.75, 3.05) is 26.2 Å². The third-order valence-electron chi connectivity index (χ3n) is 14.0. The number of carbonyl (C=O) groups is 2. The number of aromatic nitrogens is 4. The van der Waals surface area contributed by atoms with Crippen LogP contribution in [0.3, 0.4) is 0 Å². The quantitative estimate of drug-likeness (QED) is 0.211. The van der Waals surface area contributed by atoms with Crippen LogP contribution in [0.15, 0.2) is 73.6 Å². The van der Waals surface area contributed by atoms with Gasteiger partial charge in [-0.3, -0.25) is 0 Å². The van der Waals surface area contributed by atoms with E-state index in [4.69, 9.17) is 9.47 Å². The molecule has 2 amide bonds. The van der Waals surface area contributed by atoms with E-state index in [0.717, 1.165) is 49.9 Å². The number of rotatable bonds is 2. The Labute approximate surface area is 341 Å². The minimum atomic E-state index is -0.480. The Balaban J connectivity index is 0.000000150. The molecule has 12 nitrogen and oxygen atoms in total. The van der Waals surface area contributed by atoms with Crippen LogP contribution in [0.4, 0.5) is 9.59 Å². The lowest BCUT2D eigenvalue weighted by Crippen LogP contribution is -2.60. The summed E-state index contributed by atoms with van der Waals surface area (Å²) in [6, 6.07) is 17.2. The molecule has 2 saturated carbocycles. The third kappa shape index (κ3) is 6.51. The lowest BCUT2D eigenvalue weighted by molar-refractivity contribution is -0.156. The number of hydrogen-bond donors (Lipinski definition) is 2. The van der Waals surface area contributed by atoms with Crippen LogP contribution in [0.1, 0.15) is 103 Å². The number of aliphatic hydroxyl groups is 2. The lowest BCUT2D eigenvalue weighted by atomic mass is 9.53. The number of fused-ring (bicyclic) bond motifs is 6. The zero-order valence-corrected chi connectivity index (χ0v) is 34.7. The molecule has 6 atom stereocenters. The van der Waals surface area contributed by atoms with Crippen molar-refractivity contribution < 1.29 is 29.3 Å². The standard InChI is InChI=1S/2C23H29N3O3/c2*1-22(2,3)29-21(28)25-10-8-23(9-11-25)12-17(20(23)27)19-16-7-5-4-6-15(16)18-13-24-14-26(18)19/h2*4-7,13-14,17,19-20,27H,8-12H2,1-3H3/t2*17-,19+,20+/m10/s1. The van der Waals surface area contributed by atoms with Crippen LogP contribution >= 0.6 is 0 Å². The number of carbonyl (C=O) groups excluding carboxylic acids is 2. The minimum absolute atomic E-state index is 0.0819. The fourth-order valence-electron chi connectivity index (χ4n) is 11.1. The zero-order valence-electron chi connectivity index (χ0n) is 34.7. The Morgan fingerprint density at radius 1 is 0.621 bits per heavy atom. The molecule has 6 heterocycles. The summed E-state index contributed by atoms with van der Waals surface area (Å²) in [6.07, 6.45) is 11.7. The van der Waals surface area contributed by atoms with E-state index in [0.29, 0.717) is 26.2 Å². The highest BCUT2D eigenvalue weighted by molar-refractivity contribution is 5.71. The number of nitrogens with zero attached hydrogens (tertiary/aromatic N) is 6. The Hall–Kier alpha value is -4.68. The van der Waals surface area contributed by atoms with Gasteiger partial charge in [0.15, 0.2) is 0 Å². The molecule has 12 heteroatoms. The van der Waals surface area contributed by atoms with E-state index in [2.05, 4.69) is 67.6 Å². The van der Waals surface area contributed by atoms with Gasteiger partial charge < -0.3 is 38.6 Å². The molecule has 4 aliphatic heterocycles. The van der Waals surface area contributed by atoms with E-state index in [-0.39, 0.29) is 59.1 Å². The van der Waals surface area contributed by atoms with E-state index >= 15 is 0 Å². The summed E-state index contributed by atoms with van der Waals surface area (Å²) >= 11 is 0. The molecule has 4 aromatic rings. The third-order valence-corrected chi connectivity index (χ3v) is 14.0. The molecule has 2 saturated heterocycles. The van der Waals surface area contributed by atoms with Crippen LogP contribution in [-0.2, 0) is 9.47 Å². The van der Waals surface area contributed by atoms with Crippen LogP contribution in [0.25, 0.3) is 22.5 Å². The van der Waals surface area contributed by atoms with Gasteiger partial charge in [-0.2, -0.15) is 0 Å². The smallest absolute Gasteiger partial charge is 0.410 e. The molecular formula is C46H58N6O6. The van der Waals surface area contributed by atoms with E-state index in [1.807, 2.05) is 66.6 Å². The Bertz CT molecular complexity index is 2030. The molecule has 0 unspecified atom stereocenters. The molecule has 0 radical (unpaired) electrons. The van der Waals surface area contributed by atoms with Crippen LogP contribution < -0.4 is 0 Å². The van der Waals surface area contributed by atoms with Gasteiger partial charge in [0.05, 0.1) is 60.7 Å². The van der Waals surface area contributed by atoms with Gasteiger partial charge in [-0.05, 0) is 91.2 Å². The second-order valence-corrected chi connectivity index (χ2v) is 19.7. The number of piperidine rings is 2. The van der Waals surface area contributed by atoms with Crippen molar-refractivity contribution in [3.8, 4) is 22.5 Å². The average Bonchev–Trinajstić information content (AvgIpc) is 3.98. The van der Waals surface area contributed by atoms with Gasteiger partial charge in [0.1, 0.15) is 11.2 Å². The topological polar surface area (TPSA) is 135 Å². The predicted octanol–water partition coefficient (Wildman–Crippen LogP) is 7.70. The van der Waals surface area contributed by atoms with Crippen LogP contribution in [-0.4, -0.2) is 101 Å². The Morgan fingerprint density at radius 2 is 0.983 bits per heavy atom. The molecule has 308 valence electrons. The number of likely N-dealkylation sites (tertiary alicyclic amines) is 2. The second-order valence-electron chi connectivity index (χ2n) is 19.7. The van der Waals surface area contributed by atoms with Crippen molar-refractivity contribution in [1.29, 1.82) is 0 Å². The van der Waals surface area contributed by atoms with Gasteiger partial charge in [0.25, 0.3) is 0 Å². The monoisotopic (exact) mass is 790 g/mol. The van der Waals surface area contributed by atoms with Crippen LogP contribution in [0, 0.1) is 22.7 Å². The number of benzene rings is 2. The Morgan fingerprint density at radius 3 is 1.33 bits per heavy atom. The highest BCUT2D eigenvalue weighted by Crippen LogP contribution is 2.61. The molecule has 2 aromatic heterocycles. The molecule has 10 rings (SSSR count). The molecule has 58 heavy (non-hydrogen) atoms. The molecule has 2 spiro atoms. The normalized spacial score (nSPS) is 27.3. The number of ether oxygens (including phenoxy) is 2. The molecule has 4 fully saturated rings. The molecule has 0 bridgehead atoms. The summed E-state index contributed by atoms with van der Waals surface area (Å²) in [4.78, 5) is 37.0. The van der Waals surface area contributed by atoms with Gasteiger partial charge in [-0.25, -0.2) is 19.6 Å². The molecule has 2 N–H and O–H groups in total. The number of hydrogen-bond acceptors (Lipinski definition) is 8. The predicted molar refractivity (Wildman–Crippen MR) is 219 cm³/mol. The van der Waals surface area contributed by atoms with E-state index in [1.165, 1.54) is 22.3 Å². The summed E-state index contributed by atoms with van der Waals surface area (Å²) < 4.78 is 15.5. The zero-order chi connectivity index (χ0) is 40.8. The minimum Gasteiger partial charge on any atom is -0.444 e. The largest absolute Gasteiger partial charge is 0.444 e. The van der Waals surface area contributed by atoms with Crippen molar-refractivity contribution in [2.24, 2.45) is 22.7 Å². The summed E-state index contributed by atoms with van der Waals surface area (Å²) in [7, 11) is 0. The number of imidazole rings is 2. The maximum Gasteiger partial charge on any atom is 0.410 e. The first-order chi connectivity index (χ1) is 27.6. The van der Waals surface area contributed by atoms with Crippen LogP contribution in [0.5, 0.6) is 0 Å². The van der Waals surface area contributed by atoms with Crippen molar-refractivity contribution in [3.05, 3.63) is 84.7 Å². The van der Waals surface area contributed by atoms with Crippen molar-refractivity contribution >= 4 is 12.2 Å². The first-order valence-electron chi connectivity index (χ1n) is 21.1. The average molecular weight is 791 g/mol. The fourth-order valence-corrected chi connectivity index (χ4v) is 11.1. The summed E-state index contributed by atoms with van der Waals surface area (Å²) in [6.45, 7) is 13.9. The lowest BCUT2D eigenvalue weighted by Gasteiger charge is -2.57. The highest BCUT2D eigenvalue weighted by Gasteiger charge is 2.59. The second kappa shape index (κ2) is 14.0.